The molecule has 0 aromatic heterocycles. The molecule has 1 unspecified atom stereocenters. The van der Waals surface area contributed by atoms with Crippen LogP contribution in [0.25, 0.3) is 0 Å². The summed E-state index contributed by atoms with van der Waals surface area (Å²) in [4.78, 5) is 11.6. The van der Waals surface area contributed by atoms with Crippen molar-refractivity contribution in [2.45, 2.75) is 0 Å². The average Bonchev–Trinajstić information content (AvgIpc) is 2.32. The van der Waals surface area contributed by atoms with Crippen LogP contribution in [0.1, 0.15) is 0 Å². The van der Waals surface area contributed by atoms with Crippen molar-refractivity contribution in [2.24, 2.45) is 0 Å². The molecule has 1 atom stereocenters. The zero-order chi connectivity index (χ0) is 13.0. The summed E-state index contributed by atoms with van der Waals surface area (Å²) in [6.07, 6.45) is 0. The zero-order valence-electron chi connectivity index (χ0n) is 9.22. The molecule has 0 aliphatic heterocycles. The van der Waals surface area contributed by atoms with Crippen LogP contribution in [0.4, 0.5) is 0 Å². The quantitative estimate of drug-likeness (QED) is 0.858. The third-order valence-corrected chi connectivity index (χ3v) is 2.88. The fourth-order valence-electron chi connectivity index (χ4n) is 1.27. The van der Waals surface area contributed by atoms with Gasteiger partial charge in [0.2, 0.25) is 0 Å². The third kappa shape index (κ3) is 3.52. The van der Waals surface area contributed by atoms with Gasteiger partial charge in [-0.2, -0.15) is 0 Å². The van der Waals surface area contributed by atoms with Crippen molar-refractivity contribution in [1.82, 2.24) is 0 Å². The highest BCUT2D eigenvalue weighted by molar-refractivity contribution is 7.46. The lowest BCUT2D eigenvalue weighted by Gasteiger charge is -2.23. The molecule has 2 aromatic rings. The van der Waals surface area contributed by atoms with Crippen molar-refractivity contribution in [1.29, 1.82) is 0 Å². The van der Waals surface area contributed by atoms with Crippen LogP contribution in [0.5, 0.6) is 17.2 Å². The van der Waals surface area contributed by atoms with Crippen LogP contribution in [0, 0.1) is 0 Å². The Morgan fingerprint density at radius 2 is 1.39 bits per heavy atom. The van der Waals surface area contributed by atoms with Crippen LogP contribution < -0.4 is 13.9 Å². The minimum absolute atomic E-state index is 0.0204. The van der Waals surface area contributed by atoms with Gasteiger partial charge in [-0.15, -0.1) is 0 Å². The van der Waals surface area contributed by atoms with Crippen LogP contribution in [0.15, 0.2) is 54.6 Å². The largest absolute Gasteiger partial charge is 0.736 e. The minimum Gasteiger partial charge on any atom is -0.736 e. The van der Waals surface area contributed by atoms with Crippen LogP contribution >= 0.6 is 7.82 Å². The maximum absolute atomic E-state index is 11.6. The number of hydrogen-bond donors (Lipinski definition) is 1. The molecule has 0 heterocycles. The van der Waals surface area contributed by atoms with Crippen LogP contribution in [-0.2, 0) is 4.57 Å². The van der Waals surface area contributed by atoms with E-state index in [9.17, 15) is 9.46 Å². The molecule has 18 heavy (non-hydrogen) atoms. The fourth-order valence-corrected chi connectivity index (χ4v) is 2.06. The Bertz CT molecular complexity index is 552. The predicted molar refractivity (Wildman–Crippen MR) is 63.4 cm³/mol. The van der Waals surface area contributed by atoms with E-state index >= 15 is 0 Å². The monoisotopic (exact) mass is 265 g/mol. The smallest absolute Gasteiger partial charge is 0.372 e. The van der Waals surface area contributed by atoms with Crippen LogP contribution in [-0.4, -0.2) is 5.11 Å². The summed E-state index contributed by atoms with van der Waals surface area (Å²) in [5.41, 5.74) is 0. The molecule has 0 aliphatic rings. The fraction of sp³-hybridized carbons (Fsp3) is 0. The molecular formula is C12H10O5P-. The Morgan fingerprint density at radius 3 is 1.94 bits per heavy atom. The summed E-state index contributed by atoms with van der Waals surface area (Å²) in [6, 6.07) is 13.3. The molecule has 1 N–H and O–H groups in total. The van der Waals surface area contributed by atoms with Gasteiger partial charge in [0, 0.05) is 0 Å². The second-order valence-corrected chi connectivity index (χ2v) is 4.70. The predicted octanol–water partition coefficient (Wildman–Crippen LogP) is 2.32. The van der Waals surface area contributed by atoms with E-state index in [0.29, 0.717) is 0 Å². The molecule has 0 fully saturated rings. The summed E-state index contributed by atoms with van der Waals surface area (Å²) in [5.74, 6) is 0.267. The Labute approximate surface area is 104 Å². The van der Waals surface area contributed by atoms with Gasteiger partial charge in [-0.1, -0.05) is 18.2 Å². The first-order valence-electron chi connectivity index (χ1n) is 5.09. The lowest BCUT2D eigenvalue weighted by Crippen LogP contribution is -2.12. The van der Waals surface area contributed by atoms with Crippen molar-refractivity contribution in [2.75, 3.05) is 0 Å². The first-order valence-corrected chi connectivity index (χ1v) is 6.55. The second-order valence-electron chi connectivity index (χ2n) is 3.44. The van der Waals surface area contributed by atoms with E-state index in [1.54, 1.807) is 18.2 Å². The number of phosphoric ester groups is 1. The van der Waals surface area contributed by atoms with Gasteiger partial charge in [0.1, 0.15) is 17.2 Å². The number of rotatable bonds is 4. The molecule has 0 bridgehead atoms. The standard InChI is InChI=1S/C12H11O5P/c13-10-6-8-12(9-7-10)17-18(14,15)16-11-4-2-1-3-5-11/h1-9,13H,(H,14,15)/p-1. The van der Waals surface area contributed by atoms with Crippen molar-refractivity contribution >= 4 is 7.82 Å². The molecule has 5 nitrogen and oxygen atoms in total. The summed E-state index contributed by atoms with van der Waals surface area (Å²) in [5, 5.41) is 9.06. The summed E-state index contributed by atoms with van der Waals surface area (Å²) in [6.45, 7) is 0. The molecule has 0 aliphatic carbocycles. The van der Waals surface area contributed by atoms with E-state index in [1.165, 1.54) is 36.4 Å². The van der Waals surface area contributed by atoms with Crippen LogP contribution in [0.2, 0.25) is 0 Å². The average molecular weight is 265 g/mol. The van der Waals surface area contributed by atoms with Crippen molar-refractivity contribution < 1.29 is 23.6 Å². The van der Waals surface area contributed by atoms with Gasteiger partial charge in [-0.3, -0.25) is 0 Å². The third-order valence-electron chi connectivity index (χ3n) is 2.01. The topological polar surface area (TPSA) is 78.8 Å². The molecule has 0 spiro atoms. The van der Waals surface area contributed by atoms with Gasteiger partial charge in [-0.25, -0.2) is 4.57 Å². The highest BCUT2D eigenvalue weighted by Crippen LogP contribution is 2.40. The Hall–Kier alpha value is -1.97. The maximum Gasteiger partial charge on any atom is 0.372 e. The number of hydrogen-bond acceptors (Lipinski definition) is 5. The van der Waals surface area contributed by atoms with E-state index in [-0.39, 0.29) is 17.2 Å². The first kappa shape index (κ1) is 12.5. The van der Waals surface area contributed by atoms with Crippen molar-refractivity contribution in [3.63, 3.8) is 0 Å². The van der Waals surface area contributed by atoms with Gasteiger partial charge in [0.05, 0.1) is 0 Å². The number of aromatic hydroxyl groups is 1. The molecule has 0 saturated carbocycles. The van der Waals surface area contributed by atoms with Gasteiger partial charge < -0.3 is 19.0 Å². The Morgan fingerprint density at radius 1 is 0.889 bits per heavy atom. The first-order chi connectivity index (χ1) is 8.55. The van der Waals surface area contributed by atoms with Gasteiger partial charge in [0.15, 0.2) is 0 Å². The minimum atomic E-state index is -4.48. The zero-order valence-corrected chi connectivity index (χ0v) is 10.1. The summed E-state index contributed by atoms with van der Waals surface area (Å²) >= 11 is 0. The van der Waals surface area contributed by atoms with Gasteiger partial charge in [0.25, 0.3) is 0 Å². The lowest BCUT2D eigenvalue weighted by atomic mass is 10.3. The number of phenols is 1. The SMILES string of the molecule is O=P([O-])(Oc1ccccc1)Oc1ccc(O)cc1. The Kier molecular flexibility index (Phi) is 3.55. The second kappa shape index (κ2) is 5.12. The van der Waals surface area contributed by atoms with Gasteiger partial charge >= 0.3 is 7.82 Å². The van der Waals surface area contributed by atoms with E-state index < -0.39 is 7.82 Å². The number of para-hydroxylation sites is 1. The molecule has 0 amide bonds. The molecule has 2 rings (SSSR count). The Balaban J connectivity index is 2.08. The van der Waals surface area contributed by atoms with E-state index in [1.807, 2.05) is 0 Å². The molecule has 6 heteroatoms. The van der Waals surface area contributed by atoms with Gasteiger partial charge in [-0.05, 0) is 36.4 Å². The maximum atomic E-state index is 11.6. The van der Waals surface area contributed by atoms with E-state index in [0.717, 1.165) is 0 Å². The molecule has 2 aromatic carbocycles. The van der Waals surface area contributed by atoms with Crippen molar-refractivity contribution in [3.05, 3.63) is 54.6 Å². The van der Waals surface area contributed by atoms with E-state index in [2.05, 4.69) is 0 Å². The highest BCUT2D eigenvalue weighted by Gasteiger charge is 2.12. The summed E-state index contributed by atoms with van der Waals surface area (Å²) in [7, 11) is -4.48. The number of phosphoric acid groups is 1. The van der Waals surface area contributed by atoms with Crippen LogP contribution in [0.3, 0.4) is 0 Å². The van der Waals surface area contributed by atoms with E-state index in [4.69, 9.17) is 14.2 Å². The molecule has 0 saturated heterocycles. The lowest BCUT2D eigenvalue weighted by molar-refractivity contribution is -0.208. The number of phenolic OH excluding ortho intramolecular Hbond substituents is 1. The molecule has 0 radical (unpaired) electrons. The molecule has 94 valence electrons. The summed E-state index contributed by atoms with van der Waals surface area (Å²) < 4.78 is 21.1. The highest BCUT2D eigenvalue weighted by atomic mass is 31.2. The number of benzene rings is 2. The normalized spacial score (nSPS) is 13.6. The van der Waals surface area contributed by atoms with Crippen molar-refractivity contribution in [3.8, 4) is 17.2 Å². The molecular weight excluding hydrogens is 255 g/mol.